The van der Waals surface area contributed by atoms with Crippen LogP contribution in [0.5, 0.6) is 0 Å². The molecule has 188 valence electrons. The summed E-state index contributed by atoms with van der Waals surface area (Å²) in [5, 5.41) is 2.64. The molecule has 1 amide bonds. The number of likely N-dealkylation sites (tertiary alicyclic amines) is 1. The maximum absolute atomic E-state index is 13.5. The quantitative estimate of drug-likeness (QED) is 0.398. The SMILES string of the molecule is C#CCNC1=NC(=O)S/C1=C\C1CC2CC(C1)CN(Cc1ccc(C(F)(F)F)cc1C(F)(F)F)C2. The van der Waals surface area contributed by atoms with E-state index in [1.807, 2.05) is 11.0 Å². The van der Waals surface area contributed by atoms with Crippen molar-refractivity contribution in [2.45, 2.75) is 38.2 Å². The second kappa shape index (κ2) is 9.90. The van der Waals surface area contributed by atoms with Crippen molar-refractivity contribution >= 4 is 22.8 Å². The van der Waals surface area contributed by atoms with Crippen molar-refractivity contribution in [3.05, 3.63) is 45.9 Å². The molecule has 1 N–H and O–H groups in total. The molecule has 0 aromatic heterocycles. The molecule has 35 heavy (non-hydrogen) atoms. The predicted octanol–water partition coefficient (Wildman–Crippen LogP) is 5.94. The number of benzene rings is 1. The van der Waals surface area contributed by atoms with Gasteiger partial charge >= 0.3 is 17.6 Å². The first kappa shape index (κ1) is 25.6. The fourth-order valence-electron chi connectivity index (χ4n) is 5.28. The molecule has 2 bridgehead atoms. The highest BCUT2D eigenvalue weighted by Gasteiger charge is 2.40. The monoisotopic (exact) mass is 515 g/mol. The molecule has 2 fully saturated rings. The summed E-state index contributed by atoms with van der Waals surface area (Å²) >= 11 is 1.05. The summed E-state index contributed by atoms with van der Waals surface area (Å²) in [7, 11) is 0. The standard InChI is InChI=1S/C24H23F6N3OS/c1-2-5-31-21-20(35-22(34)32-21)9-14-6-15-8-16(7-14)12-33(11-15)13-17-3-4-18(23(25,26)27)10-19(17)24(28,29)30/h1,3-4,9-10,14-16H,5-8,11-13H2,(H,31,32,34)/b20-9-. The predicted molar refractivity (Wildman–Crippen MR) is 121 cm³/mol. The maximum Gasteiger partial charge on any atom is 0.416 e. The Hall–Kier alpha value is -2.45. The zero-order chi connectivity index (χ0) is 25.4. The van der Waals surface area contributed by atoms with E-state index in [4.69, 9.17) is 6.42 Å². The second-order valence-electron chi connectivity index (χ2n) is 9.18. The Balaban J connectivity index is 1.45. The van der Waals surface area contributed by atoms with Gasteiger partial charge in [0.25, 0.3) is 0 Å². The molecular weight excluding hydrogens is 492 g/mol. The molecule has 1 aliphatic carbocycles. The van der Waals surface area contributed by atoms with Gasteiger partial charge < -0.3 is 5.32 Å². The third kappa shape index (κ3) is 6.22. The number of allylic oxidation sites excluding steroid dienone is 1. The van der Waals surface area contributed by atoms with Crippen LogP contribution in [0.2, 0.25) is 0 Å². The molecule has 2 heterocycles. The van der Waals surface area contributed by atoms with E-state index >= 15 is 0 Å². The number of thioether (sulfide) groups is 1. The average Bonchev–Trinajstić information content (AvgIpc) is 3.09. The third-order valence-corrected chi connectivity index (χ3v) is 7.30. The van der Waals surface area contributed by atoms with E-state index in [9.17, 15) is 31.1 Å². The van der Waals surface area contributed by atoms with Crippen LogP contribution >= 0.6 is 11.8 Å². The number of rotatable bonds is 4. The molecule has 3 aliphatic rings. The van der Waals surface area contributed by atoms with E-state index in [1.54, 1.807) is 0 Å². The van der Waals surface area contributed by atoms with Gasteiger partial charge in [0, 0.05) is 19.6 Å². The topological polar surface area (TPSA) is 44.7 Å². The van der Waals surface area contributed by atoms with Crippen molar-refractivity contribution in [2.75, 3.05) is 19.6 Å². The fourth-order valence-corrected chi connectivity index (χ4v) is 6.08. The zero-order valence-electron chi connectivity index (χ0n) is 18.5. The molecule has 2 aliphatic heterocycles. The average molecular weight is 516 g/mol. The smallest absolute Gasteiger partial charge is 0.358 e. The van der Waals surface area contributed by atoms with Crippen LogP contribution in [0.4, 0.5) is 31.1 Å². The molecule has 4 rings (SSSR count). The number of nitrogens with zero attached hydrogens (tertiary/aromatic N) is 2. The Morgan fingerprint density at radius 3 is 2.40 bits per heavy atom. The van der Waals surface area contributed by atoms with Crippen molar-refractivity contribution in [1.29, 1.82) is 0 Å². The lowest BCUT2D eigenvalue weighted by Gasteiger charge is -2.44. The van der Waals surface area contributed by atoms with E-state index in [0.29, 0.717) is 25.0 Å². The summed E-state index contributed by atoms with van der Waals surface area (Å²) in [4.78, 5) is 18.4. The molecule has 2 unspecified atom stereocenters. The van der Waals surface area contributed by atoms with Gasteiger partial charge in [-0.1, -0.05) is 18.1 Å². The van der Waals surface area contributed by atoms with Crippen molar-refractivity contribution in [1.82, 2.24) is 10.2 Å². The van der Waals surface area contributed by atoms with Crippen LogP contribution in [0, 0.1) is 30.1 Å². The van der Waals surface area contributed by atoms with Gasteiger partial charge in [-0.3, -0.25) is 9.69 Å². The van der Waals surface area contributed by atoms with E-state index < -0.39 is 23.5 Å². The molecular formula is C24H23F6N3OS. The number of amidine groups is 1. The van der Waals surface area contributed by atoms with Gasteiger partial charge in [0.05, 0.1) is 22.6 Å². The molecule has 1 aromatic rings. The fraction of sp³-hybridized carbons (Fsp3) is 0.500. The lowest BCUT2D eigenvalue weighted by molar-refractivity contribution is -0.143. The summed E-state index contributed by atoms with van der Waals surface area (Å²) in [5.74, 6) is 3.60. The minimum atomic E-state index is -4.87. The minimum absolute atomic E-state index is 0.0527. The highest BCUT2D eigenvalue weighted by molar-refractivity contribution is 8.18. The molecule has 0 spiro atoms. The minimum Gasteiger partial charge on any atom is -0.358 e. The van der Waals surface area contributed by atoms with Crippen LogP contribution in [-0.4, -0.2) is 35.6 Å². The number of carbonyl (C=O) groups is 1. The summed E-state index contributed by atoms with van der Waals surface area (Å²) in [6, 6.07) is 1.86. The molecule has 4 nitrogen and oxygen atoms in total. The third-order valence-electron chi connectivity index (χ3n) is 6.49. The number of terminal acetylenes is 1. The van der Waals surface area contributed by atoms with E-state index in [2.05, 4.69) is 16.2 Å². The van der Waals surface area contributed by atoms with E-state index in [0.717, 1.165) is 42.0 Å². The van der Waals surface area contributed by atoms with Gasteiger partial charge in [0.2, 0.25) is 0 Å². The first-order valence-corrected chi connectivity index (χ1v) is 11.9. The number of hydrogen-bond donors (Lipinski definition) is 1. The largest absolute Gasteiger partial charge is 0.416 e. The van der Waals surface area contributed by atoms with E-state index in [-0.39, 0.29) is 47.7 Å². The van der Waals surface area contributed by atoms with Gasteiger partial charge in [0.1, 0.15) is 5.84 Å². The number of carbonyl (C=O) groups excluding carboxylic acids is 1. The van der Waals surface area contributed by atoms with Crippen molar-refractivity contribution in [3.8, 4) is 12.3 Å². The van der Waals surface area contributed by atoms with Crippen molar-refractivity contribution in [2.24, 2.45) is 22.7 Å². The number of fused-ring (bicyclic) bond motifs is 2. The highest BCUT2D eigenvalue weighted by Crippen LogP contribution is 2.42. The number of amides is 1. The number of piperidine rings is 1. The van der Waals surface area contributed by atoms with Crippen molar-refractivity contribution < 1.29 is 31.1 Å². The van der Waals surface area contributed by atoms with Crippen LogP contribution in [-0.2, 0) is 18.9 Å². The van der Waals surface area contributed by atoms with Crippen molar-refractivity contribution in [3.63, 3.8) is 0 Å². The lowest BCUT2D eigenvalue weighted by Crippen LogP contribution is -2.44. The van der Waals surface area contributed by atoms with E-state index in [1.165, 1.54) is 0 Å². The number of alkyl halides is 6. The Kier molecular flexibility index (Phi) is 7.25. The van der Waals surface area contributed by atoms with Gasteiger partial charge in [-0.2, -0.15) is 31.3 Å². The molecule has 1 aromatic carbocycles. The Morgan fingerprint density at radius 1 is 1.11 bits per heavy atom. The first-order valence-electron chi connectivity index (χ1n) is 11.1. The molecule has 1 saturated carbocycles. The number of halogens is 6. The molecule has 0 radical (unpaired) electrons. The van der Waals surface area contributed by atoms with Crippen LogP contribution in [0.1, 0.15) is 36.0 Å². The second-order valence-corrected chi connectivity index (χ2v) is 10.2. The summed E-state index contributed by atoms with van der Waals surface area (Å²) in [5.41, 5.74) is -2.69. The summed E-state index contributed by atoms with van der Waals surface area (Å²) in [6.45, 7) is 1.33. The Bertz CT molecular complexity index is 1070. The highest BCUT2D eigenvalue weighted by atomic mass is 32.2. The lowest BCUT2D eigenvalue weighted by atomic mass is 9.72. The normalized spacial score (nSPS) is 26.5. The Labute approximate surface area is 203 Å². The van der Waals surface area contributed by atoms with Gasteiger partial charge in [-0.05, 0) is 66.5 Å². The zero-order valence-corrected chi connectivity index (χ0v) is 19.4. The summed E-state index contributed by atoms with van der Waals surface area (Å²) in [6.07, 6.45) is 0.165. The molecule has 1 saturated heterocycles. The van der Waals surface area contributed by atoms with Crippen LogP contribution < -0.4 is 5.32 Å². The van der Waals surface area contributed by atoms with Crippen LogP contribution in [0.25, 0.3) is 0 Å². The van der Waals surface area contributed by atoms with Crippen LogP contribution in [0.3, 0.4) is 0 Å². The number of nitrogens with one attached hydrogen (secondary N) is 1. The summed E-state index contributed by atoms with van der Waals surface area (Å²) < 4.78 is 79.5. The Morgan fingerprint density at radius 2 is 1.80 bits per heavy atom. The number of aliphatic imine (C=N–C) groups is 1. The number of hydrogen-bond acceptors (Lipinski definition) is 4. The van der Waals surface area contributed by atoms with Gasteiger partial charge in [0.15, 0.2) is 0 Å². The van der Waals surface area contributed by atoms with Gasteiger partial charge in [-0.25, -0.2) is 0 Å². The maximum atomic E-state index is 13.5. The first-order chi connectivity index (χ1) is 16.4. The molecule has 11 heteroatoms. The molecule has 2 atom stereocenters. The van der Waals surface area contributed by atoms with Gasteiger partial charge in [-0.15, -0.1) is 6.42 Å². The van der Waals surface area contributed by atoms with Crippen LogP contribution in [0.15, 0.2) is 34.2 Å².